The first-order chi connectivity index (χ1) is 8.31. The first-order valence-electron chi connectivity index (χ1n) is 5.60. The van der Waals surface area contributed by atoms with Crippen LogP contribution < -0.4 is 0 Å². The number of ether oxygens (including phenoxy) is 1. The highest BCUT2D eigenvalue weighted by Gasteiger charge is 2.10. The molecule has 0 bridgehead atoms. The number of aliphatic hydroxyl groups is 1. The molecule has 0 aliphatic carbocycles. The molecule has 1 atom stereocenters. The maximum atomic E-state index is 10.1. The lowest BCUT2D eigenvalue weighted by Gasteiger charge is -2.09. The van der Waals surface area contributed by atoms with Crippen LogP contribution in [0.5, 0.6) is 0 Å². The van der Waals surface area contributed by atoms with Crippen molar-refractivity contribution in [1.82, 2.24) is 0 Å². The van der Waals surface area contributed by atoms with Crippen molar-refractivity contribution in [3.8, 4) is 0 Å². The molecule has 1 heterocycles. The van der Waals surface area contributed by atoms with Crippen LogP contribution in [0.2, 0.25) is 0 Å². The van der Waals surface area contributed by atoms with Crippen LogP contribution in [0.4, 0.5) is 0 Å². The van der Waals surface area contributed by atoms with Gasteiger partial charge in [0.05, 0.1) is 6.61 Å². The van der Waals surface area contributed by atoms with Crippen molar-refractivity contribution < 1.29 is 9.84 Å². The summed E-state index contributed by atoms with van der Waals surface area (Å²) in [6.45, 7) is 0.729. The third-order valence-electron chi connectivity index (χ3n) is 2.70. The lowest BCUT2D eigenvalue weighted by molar-refractivity contribution is 0.202. The maximum absolute atomic E-state index is 10.1. The van der Waals surface area contributed by atoms with Crippen LogP contribution in [0.25, 0.3) is 0 Å². The molecule has 3 heteroatoms. The Bertz CT molecular complexity index is 434. The van der Waals surface area contributed by atoms with E-state index in [-0.39, 0.29) is 0 Å². The predicted octanol–water partition coefficient (Wildman–Crippen LogP) is 3.02. The molecule has 2 nitrogen and oxygen atoms in total. The Kier molecular flexibility index (Phi) is 4.31. The van der Waals surface area contributed by atoms with Gasteiger partial charge in [0.25, 0.3) is 0 Å². The van der Waals surface area contributed by atoms with Crippen molar-refractivity contribution >= 4 is 11.3 Å². The topological polar surface area (TPSA) is 29.5 Å². The van der Waals surface area contributed by atoms with Crippen molar-refractivity contribution in [2.75, 3.05) is 13.7 Å². The Labute approximate surface area is 105 Å². The zero-order valence-electron chi connectivity index (χ0n) is 9.80. The van der Waals surface area contributed by atoms with E-state index in [2.05, 4.69) is 0 Å². The summed E-state index contributed by atoms with van der Waals surface area (Å²) in [6, 6.07) is 12.0. The molecule has 0 aliphatic rings. The van der Waals surface area contributed by atoms with Crippen molar-refractivity contribution in [3.05, 3.63) is 57.8 Å². The van der Waals surface area contributed by atoms with Gasteiger partial charge in [-0.15, -0.1) is 11.3 Å². The highest BCUT2D eigenvalue weighted by molar-refractivity contribution is 7.10. The summed E-state index contributed by atoms with van der Waals surface area (Å²) in [7, 11) is 1.70. The van der Waals surface area contributed by atoms with Gasteiger partial charge >= 0.3 is 0 Å². The summed E-state index contributed by atoms with van der Waals surface area (Å²) < 4.78 is 5.03. The van der Waals surface area contributed by atoms with Gasteiger partial charge in [-0.1, -0.05) is 30.3 Å². The van der Waals surface area contributed by atoms with Gasteiger partial charge in [-0.2, -0.15) is 0 Å². The van der Waals surface area contributed by atoms with E-state index in [1.807, 2.05) is 41.8 Å². The van der Waals surface area contributed by atoms with E-state index in [1.165, 1.54) is 5.56 Å². The molecule has 1 aromatic carbocycles. The predicted molar refractivity (Wildman–Crippen MR) is 70.4 cm³/mol. The summed E-state index contributed by atoms with van der Waals surface area (Å²) in [4.78, 5) is 0.981. The third kappa shape index (κ3) is 3.16. The van der Waals surface area contributed by atoms with Crippen LogP contribution in [0.1, 0.15) is 22.1 Å². The van der Waals surface area contributed by atoms with Crippen LogP contribution >= 0.6 is 11.3 Å². The minimum atomic E-state index is -0.508. The van der Waals surface area contributed by atoms with Crippen molar-refractivity contribution in [1.29, 1.82) is 0 Å². The van der Waals surface area contributed by atoms with Crippen LogP contribution in [-0.4, -0.2) is 18.8 Å². The van der Waals surface area contributed by atoms with E-state index in [9.17, 15) is 5.11 Å². The number of hydrogen-bond donors (Lipinski definition) is 1. The molecule has 1 unspecified atom stereocenters. The molecule has 1 aromatic heterocycles. The molecule has 0 amide bonds. The molecule has 0 spiro atoms. The molecule has 90 valence electrons. The highest BCUT2D eigenvalue weighted by atomic mass is 32.1. The van der Waals surface area contributed by atoms with Gasteiger partial charge in [0.2, 0.25) is 0 Å². The maximum Gasteiger partial charge on any atom is 0.113 e. The van der Waals surface area contributed by atoms with E-state index < -0.39 is 6.10 Å². The van der Waals surface area contributed by atoms with Crippen molar-refractivity contribution in [2.24, 2.45) is 0 Å². The summed E-state index contributed by atoms with van der Waals surface area (Å²) in [5.41, 5.74) is 2.17. The summed E-state index contributed by atoms with van der Waals surface area (Å²) in [5, 5.41) is 12.1. The fraction of sp³-hybridized carbons (Fsp3) is 0.286. The van der Waals surface area contributed by atoms with E-state index >= 15 is 0 Å². The van der Waals surface area contributed by atoms with Gasteiger partial charge in [0.1, 0.15) is 6.10 Å². The number of hydrogen-bond acceptors (Lipinski definition) is 3. The first-order valence-corrected chi connectivity index (χ1v) is 6.48. The number of rotatable bonds is 5. The van der Waals surface area contributed by atoms with Crippen LogP contribution in [0.15, 0.2) is 41.8 Å². The minimum Gasteiger partial charge on any atom is -0.384 e. The summed E-state index contributed by atoms with van der Waals surface area (Å²) in [5.74, 6) is 0. The average molecular weight is 248 g/mol. The van der Waals surface area contributed by atoms with Crippen LogP contribution in [0.3, 0.4) is 0 Å². The molecular formula is C14H16O2S. The molecule has 0 fully saturated rings. The molecule has 2 aromatic rings. The monoisotopic (exact) mass is 248 g/mol. The number of aliphatic hydroxyl groups excluding tert-OH is 1. The van der Waals surface area contributed by atoms with Gasteiger partial charge in [-0.25, -0.2) is 0 Å². The Hall–Kier alpha value is -1.16. The van der Waals surface area contributed by atoms with Crippen molar-refractivity contribution in [2.45, 2.75) is 12.5 Å². The SMILES string of the molecule is COCCc1ccc(C(O)c2cccs2)cc1. The number of thiophene rings is 1. The zero-order chi connectivity index (χ0) is 12.1. The lowest BCUT2D eigenvalue weighted by atomic mass is 10.0. The average Bonchev–Trinajstić information content (AvgIpc) is 2.90. The van der Waals surface area contributed by atoms with Crippen LogP contribution in [0, 0.1) is 0 Å². The Morgan fingerprint density at radius 1 is 1.24 bits per heavy atom. The second-order valence-corrected chi connectivity index (χ2v) is 4.88. The zero-order valence-corrected chi connectivity index (χ0v) is 10.6. The smallest absolute Gasteiger partial charge is 0.113 e. The third-order valence-corrected chi connectivity index (χ3v) is 3.63. The van der Waals surface area contributed by atoms with Crippen LogP contribution in [-0.2, 0) is 11.2 Å². The van der Waals surface area contributed by atoms with E-state index in [1.54, 1.807) is 18.4 Å². The molecule has 0 radical (unpaired) electrons. The molecule has 17 heavy (non-hydrogen) atoms. The molecular weight excluding hydrogens is 232 g/mol. The minimum absolute atomic E-state index is 0.508. The standard InChI is InChI=1S/C14H16O2S/c1-16-9-8-11-4-6-12(7-5-11)14(15)13-3-2-10-17-13/h2-7,10,14-15H,8-9H2,1H3. The van der Waals surface area contributed by atoms with Gasteiger partial charge in [0.15, 0.2) is 0 Å². The molecule has 0 aliphatic heterocycles. The molecule has 0 saturated carbocycles. The van der Waals surface area contributed by atoms with E-state index in [4.69, 9.17) is 4.74 Å². The largest absolute Gasteiger partial charge is 0.384 e. The molecule has 2 rings (SSSR count). The Morgan fingerprint density at radius 2 is 2.00 bits per heavy atom. The highest BCUT2D eigenvalue weighted by Crippen LogP contribution is 2.25. The summed E-state index contributed by atoms with van der Waals surface area (Å²) in [6.07, 6.45) is 0.401. The van der Waals surface area contributed by atoms with Gasteiger partial charge in [-0.05, 0) is 29.0 Å². The summed E-state index contributed by atoms with van der Waals surface area (Å²) >= 11 is 1.57. The van der Waals surface area contributed by atoms with Gasteiger partial charge < -0.3 is 9.84 Å². The van der Waals surface area contributed by atoms with Gasteiger partial charge in [-0.3, -0.25) is 0 Å². The van der Waals surface area contributed by atoms with E-state index in [0.717, 1.165) is 23.5 Å². The normalized spacial score (nSPS) is 12.6. The molecule has 1 N–H and O–H groups in total. The quantitative estimate of drug-likeness (QED) is 0.881. The van der Waals surface area contributed by atoms with E-state index in [0.29, 0.717) is 0 Å². The number of benzene rings is 1. The second kappa shape index (κ2) is 5.96. The Morgan fingerprint density at radius 3 is 2.59 bits per heavy atom. The van der Waals surface area contributed by atoms with Gasteiger partial charge in [0, 0.05) is 12.0 Å². The Balaban J connectivity index is 2.07. The lowest BCUT2D eigenvalue weighted by Crippen LogP contribution is -1.98. The second-order valence-electron chi connectivity index (χ2n) is 3.90. The van der Waals surface area contributed by atoms with Crippen molar-refractivity contribution in [3.63, 3.8) is 0 Å². The first kappa shape index (κ1) is 12.3. The molecule has 0 saturated heterocycles. The number of methoxy groups -OCH3 is 1. The fourth-order valence-electron chi connectivity index (χ4n) is 1.70. The fourth-order valence-corrected chi connectivity index (χ4v) is 2.43.